The van der Waals surface area contributed by atoms with Gasteiger partial charge in [0.25, 0.3) is 0 Å². The van der Waals surface area contributed by atoms with Crippen molar-refractivity contribution < 1.29 is 9.90 Å². The van der Waals surface area contributed by atoms with Gasteiger partial charge in [0, 0.05) is 5.57 Å². The first-order chi connectivity index (χ1) is 8.58. The predicted molar refractivity (Wildman–Crippen MR) is 71.1 cm³/mol. The Bertz CT molecular complexity index is 383. The van der Waals surface area contributed by atoms with E-state index in [1.165, 1.54) is 32.1 Å². The number of aliphatic carboxylic acids is 1. The molecule has 2 bridgehead atoms. The molecular weight excluding hydrogens is 224 g/mol. The van der Waals surface area contributed by atoms with E-state index in [1.807, 2.05) is 13.8 Å². The molecule has 5 unspecified atom stereocenters. The molecule has 3 saturated carbocycles. The largest absolute Gasteiger partial charge is 0.478 e. The Morgan fingerprint density at radius 3 is 2.56 bits per heavy atom. The van der Waals surface area contributed by atoms with E-state index >= 15 is 0 Å². The molecular formula is C16H24O2. The second kappa shape index (κ2) is 4.40. The smallest absolute Gasteiger partial charge is 0.331 e. The number of hydrogen-bond acceptors (Lipinski definition) is 1. The molecule has 0 aromatic heterocycles. The van der Waals surface area contributed by atoms with Crippen LogP contribution in [0, 0.1) is 35.5 Å². The fourth-order valence-corrected chi connectivity index (χ4v) is 5.06. The maximum atomic E-state index is 11.3. The van der Waals surface area contributed by atoms with Gasteiger partial charge in [-0.1, -0.05) is 19.9 Å². The van der Waals surface area contributed by atoms with Crippen LogP contribution in [-0.4, -0.2) is 11.1 Å². The Morgan fingerprint density at radius 1 is 1.17 bits per heavy atom. The third-order valence-electron chi connectivity index (χ3n) is 5.75. The molecule has 0 radical (unpaired) electrons. The Morgan fingerprint density at radius 2 is 1.89 bits per heavy atom. The van der Waals surface area contributed by atoms with Crippen molar-refractivity contribution in [1.29, 1.82) is 0 Å². The van der Waals surface area contributed by atoms with E-state index in [2.05, 4.69) is 6.08 Å². The van der Waals surface area contributed by atoms with E-state index in [0.717, 1.165) is 23.7 Å². The monoisotopic (exact) mass is 248 g/mol. The van der Waals surface area contributed by atoms with E-state index in [4.69, 9.17) is 0 Å². The number of hydrogen-bond donors (Lipinski definition) is 1. The van der Waals surface area contributed by atoms with Gasteiger partial charge in [-0.25, -0.2) is 4.79 Å². The third kappa shape index (κ3) is 1.81. The third-order valence-corrected chi connectivity index (χ3v) is 5.75. The van der Waals surface area contributed by atoms with Crippen molar-refractivity contribution in [1.82, 2.24) is 0 Å². The summed E-state index contributed by atoms with van der Waals surface area (Å²) in [5.41, 5.74) is 0.642. The lowest BCUT2D eigenvalue weighted by Crippen LogP contribution is -2.22. The van der Waals surface area contributed by atoms with Gasteiger partial charge in [-0.2, -0.15) is 0 Å². The average molecular weight is 248 g/mol. The normalized spacial score (nSPS) is 42.6. The van der Waals surface area contributed by atoms with Crippen LogP contribution < -0.4 is 0 Å². The van der Waals surface area contributed by atoms with Crippen molar-refractivity contribution in [3.8, 4) is 0 Å². The number of carboxylic acids is 1. The van der Waals surface area contributed by atoms with Gasteiger partial charge in [-0.3, -0.25) is 0 Å². The van der Waals surface area contributed by atoms with Gasteiger partial charge >= 0.3 is 5.97 Å². The zero-order chi connectivity index (χ0) is 12.9. The summed E-state index contributed by atoms with van der Waals surface area (Å²) in [7, 11) is 0. The quantitative estimate of drug-likeness (QED) is 0.773. The van der Waals surface area contributed by atoms with Gasteiger partial charge in [0.05, 0.1) is 0 Å². The molecule has 0 amide bonds. The molecule has 2 nitrogen and oxygen atoms in total. The summed E-state index contributed by atoms with van der Waals surface area (Å²) in [5.74, 6) is 3.61. The lowest BCUT2D eigenvalue weighted by molar-refractivity contribution is -0.133. The minimum Gasteiger partial charge on any atom is -0.478 e. The standard InChI is InChI=1S/C16H24O2/c1-9(2)14(16(17)18)8-12-5-6-13-10-3-4-11(7-10)15(12)13/h8-13,15H,3-7H2,1-2H3,(H,17,18). The van der Waals surface area contributed by atoms with Gasteiger partial charge in [0.1, 0.15) is 0 Å². The van der Waals surface area contributed by atoms with Crippen LogP contribution in [0.15, 0.2) is 11.6 Å². The first-order valence-corrected chi connectivity index (χ1v) is 7.53. The van der Waals surface area contributed by atoms with Crippen LogP contribution in [0.2, 0.25) is 0 Å². The molecule has 3 aliphatic rings. The van der Waals surface area contributed by atoms with Gasteiger partial charge in [-0.05, 0) is 67.6 Å². The molecule has 0 spiro atoms. The maximum absolute atomic E-state index is 11.3. The van der Waals surface area contributed by atoms with Crippen LogP contribution in [0.5, 0.6) is 0 Å². The van der Waals surface area contributed by atoms with Crippen molar-refractivity contribution in [3.05, 3.63) is 11.6 Å². The number of allylic oxidation sites excluding steroid dienone is 1. The molecule has 2 heteroatoms. The molecule has 3 aliphatic carbocycles. The van der Waals surface area contributed by atoms with Crippen molar-refractivity contribution >= 4 is 5.97 Å². The van der Waals surface area contributed by atoms with Crippen molar-refractivity contribution in [2.75, 3.05) is 0 Å². The van der Waals surface area contributed by atoms with E-state index in [0.29, 0.717) is 11.5 Å². The number of fused-ring (bicyclic) bond motifs is 5. The number of carbonyl (C=O) groups is 1. The van der Waals surface area contributed by atoms with Gasteiger partial charge in [-0.15, -0.1) is 0 Å². The zero-order valence-corrected chi connectivity index (χ0v) is 11.4. The number of rotatable bonds is 3. The van der Waals surface area contributed by atoms with Crippen molar-refractivity contribution in [3.63, 3.8) is 0 Å². The van der Waals surface area contributed by atoms with E-state index in [-0.39, 0.29) is 5.92 Å². The highest BCUT2D eigenvalue weighted by molar-refractivity contribution is 5.87. The first kappa shape index (κ1) is 12.3. The second-order valence-corrected chi connectivity index (χ2v) is 6.90. The molecule has 0 aromatic carbocycles. The summed E-state index contributed by atoms with van der Waals surface area (Å²) < 4.78 is 0. The van der Waals surface area contributed by atoms with Crippen LogP contribution in [-0.2, 0) is 4.79 Å². The zero-order valence-electron chi connectivity index (χ0n) is 11.4. The van der Waals surface area contributed by atoms with Crippen molar-refractivity contribution in [2.24, 2.45) is 35.5 Å². The second-order valence-electron chi connectivity index (χ2n) is 6.90. The minimum absolute atomic E-state index is 0.139. The molecule has 0 aromatic rings. The van der Waals surface area contributed by atoms with Gasteiger partial charge in [0.2, 0.25) is 0 Å². The average Bonchev–Trinajstić information content (AvgIpc) is 2.98. The summed E-state index contributed by atoms with van der Waals surface area (Å²) >= 11 is 0. The van der Waals surface area contributed by atoms with Crippen LogP contribution >= 0.6 is 0 Å². The van der Waals surface area contributed by atoms with E-state index < -0.39 is 5.97 Å². The Labute approximate surface area is 109 Å². The Hall–Kier alpha value is -0.790. The fourth-order valence-electron chi connectivity index (χ4n) is 5.06. The topological polar surface area (TPSA) is 37.3 Å². The predicted octanol–water partition coefficient (Wildman–Crippen LogP) is 3.73. The van der Waals surface area contributed by atoms with Crippen molar-refractivity contribution in [2.45, 2.75) is 46.0 Å². The molecule has 3 rings (SSSR count). The highest BCUT2D eigenvalue weighted by Gasteiger charge is 2.52. The van der Waals surface area contributed by atoms with Gasteiger partial charge < -0.3 is 5.11 Å². The molecule has 3 fully saturated rings. The SMILES string of the molecule is CC(C)C(=CC1CCC2C3CCC(C3)C12)C(=O)O. The summed E-state index contributed by atoms with van der Waals surface area (Å²) in [5, 5.41) is 9.31. The summed E-state index contributed by atoms with van der Waals surface area (Å²) in [6, 6.07) is 0. The van der Waals surface area contributed by atoms with Crippen LogP contribution in [0.1, 0.15) is 46.0 Å². The molecule has 0 heterocycles. The van der Waals surface area contributed by atoms with E-state index in [9.17, 15) is 9.90 Å². The highest BCUT2D eigenvalue weighted by Crippen LogP contribution is 2.61. The van der Waals surface area contributed by atoms with Crippen LogP contribution in [0.25, 0.3) is 0 Å². The maximum Gasteiger partial charge on any atom is 0.331 e. The van der Waals surface area contributed by atoms with E-state index in [1.54, 1.807) is 0 Å². The molecule has 18 heavy (non-hydrogen) atoms. The molecule has 100 valence electrons. The highest BCUT2D eigenvalue weighted by atomic mass is 16.4. The summed E-state index contributed by atoms with van der Waals surface area (Å²) in [6.07, 6.45) is 8.98. The number of carboxylic acid groups (broad SMARTS) is 1. The molecule has 5 atom stereocenters. The molecule has 1 N–H and O–H groups in total. The lowest BCUT2D eigenvalue weighted by Gasteiger charge is -2.28. The first-order valence-electron chi connectivity index (χ1n) is 7.53. The summed E-state index contributed by atoms with van der Waals surface area (Å²) in [6.45, 7) is 3.99. The molecule has 0 aliphatic heterocycles. The summed E-state index contributed by atoms with van der Waals surface area (Å²) in [4.78, 5) is 11.3. The lowest BCUT2D eigenvalue weighted by atomic mass is 9.77. The minimum atomic E-state index is -0.711. The van der Waals surface area contributed by atoms with Crippen LogP contribution in [0.3, 0.4) is 0 Å². The molecule has 0 saturated heterocycles. The Kier molecular flexibility index (Phi) is 2.99. The Balaban J connectivity index is 1.81. The van der Waals surface area contributed by atoms with Gasteiger partial charge in [0.15, 0.2) is 0 Å². The van der Waals surface area contributed by atoms with Crippen LogP contribution in [0.4, 0.5) is 0 Å². The fraction of sp³-hybridized carbons (Fsp3) is 0.812.